The molecule has 0 radical (unpaired) electrons. The summed E-state index contributed by atoms with van der Waals surface area (Å²) >= 11 is 0. The van der Waals surface area contributed by atoms with E-state index in [0.717, 1.165) is 0 Å². The van der Waals surface area contributed by atoms with E-state index < -0.39 is 16.0 Å². The predicted octanol–water partition coefficient (Wildman–Crippen LogP) is 0.666. The van der Waals surface area contributed by atoms with E-state index in [9.17, 15) is 18.0 Å². The second-order valence-electron chi connectivity index (χ2n) is 5.72. The number of rotatable bonds is 5. The molecule has 1 amide bonds. The molecule has 2 rings (SSSR count). The third-order valence-electron chi connectivity index (χ3n) is 4.12. The van der Waals surface area contributed by atoms with E-state index in [2.05, 4.69) is 4.98 Å². The second kappa shape index (κ2) is 7.27. The molecule has 0 aromatic carbocycles. The fraction of sp³-hybridized carbons (Fsp3) is 0.533. The summed E-state index contributed by atoms with van der Waals surface area (Å²) in [7, 11) is -3.26. The first-order valence-electron chi connectivity index (χ1n) is 7.69. The molecule has 0 spiro atoms. The van der Waals surface area contributed by atoms with Crippen LogP contribution in [0.25, 0.3) is 0 Å². The summed E-state index contributed by atoms with van der Waals surface area (Å²) in [4.78, 5) is 28.8. The number of carboxylic acid groups (broad SMARTS) is 1. The average molecular weight is 355 g/mol. The van der Waals surface area contributed by atoms with E-state index in [1.54, 1.807) is 11.8 Å². The van der Waals surface area contributed by atoms with Gasteiger partial charge in [0.25, 0.3) is 5.91 Å². The lowest BCUT2D eigenvalue weighted by atomic mass is 10.0. The molecule has 1 aromatic rings. The summed E-state index contributed by atoms with van der Waals surface area (Å²) in [6, 6.07) is 2.63. The molecule has 1 fully saturated rings. The monoisotopic (exact) mass is 355 g/mol. The van der Waals surface area contributed by atoms with Crippen molar-refractivity contribution in [3.63, 3.8) is 0 Å². The minimum absolute atomic E-state index is 0.110. The molecule has 0 saturated carbocycles. The van der Waals surface area contributed by atoms with Crippen LogP contribution < -0.4 is 0 Å². The molecule has 1 aliphatic heterocycles. The molecule has 1 N–H and O–H groups in total. The molecule has 0 atom stereocenters. The Hall–Kier alpha value is -2.00. The highest BCUT2D eigenvalue weighted by molar-refractivity contribution is 7.88. The van der Waals surface area contributed by atoms with Gasteiger partial charge in [0.2, 0.25) is 10.0 Å². The molecule has 0 aliphatic carbocycles. The van der Waals surface area contributed by atoms with Gasteiger partial charge in [0.1, 0.15) is 5.69 Å². The first kappa shape index (κ1) is 18.3. The third-order valence-corrected chi connectivity index (χ3v) is 5.53. The topological polar surface area (TPSA) is 108 Å². The highest BCUT2D eigenvalue weighted by Crippen LogP contribution is 2.20. The molecule has 0 bridgehead atoms. The van der Waals surface area contributed by atoms with Gasteiger partial charge in [-0.15, -0.1) is 0 Å². The molecule has 132 valence electrons. The van der Waals surface area contributed by atoms with Crippen LogP contribution in [-0.2, 0) is 10.0 Å². The van der Waals surface area contributed by atoms with Crippen molar-refractivity contribution < 1.29 is 23.1 Å². The number of nitrogens with zero attached hydrogens (tertiary/aromatic N) is 3. The number of aromatic carboxylic acids is 1. The van der Waals surface area contributed by atoms with E-state index >= 15 is 0 Å². The number of piperidine rings is 1. The van der Waals surface area contributed by atoms with Crippen molar-refractivity contribution in [2.24, 2.45) is 0 Å². The van der Waals surface area contributed by atoms with Crippen LogP contribution in [0.15, 0.2) is 18.3 Å². The first-order chi connectivity index (χ1) is 11.2. The number of sulfonamides is 1. The van der Waals surface area contributed by atoms with Crippen LogP contribution in [0.2, 0.25) is 0 Å². The van der Waals surface area contributed by atoms with Crippen LogP contribution in [0, 0.1) is 0 Å². The van der Waals surface area contributed by atoms with E-state index in [1.165, 1.54) is 28.9 Å². The van der Waals surface area contributed by atoms with Gasteiger partial charge < -0.3 is 10.0 Å². The fourth-order valence-electron chi connectivity index (χ4n) is 2.98. The van der Waals surface area contributed by atoms with Gasteiger partial charge >= 0.3 is 5.97 Å². The Bertz CT molecular complexity index is 726. The molecule has 9 heteroatoms. The molecule has 0 unspecified atom stereocenters. The minimum Gasteiger partial charge on any atom is -0.477 e. The zero-order chi connectivity index (χ0) is 17.9. The number of carboxylic acids is 1. The molecule has 1 aromatic heterocycles. The van der Waals surface area contributed by atoms with Gasteiger partial charge in [0.05, 0.1) is 6.26 Å². The van der Waals surface area contributed by atoms with Gasteiger partial charge in [-0.05, 0) is 25.0 Å². The summed E-state index contributed by atoms with van der Waals surface area (Å²) in [5.74, 6) is -1.45. The number of amides is 1. The van der Waals surface area contributed by atoms with Crippen LogP contribution in [-0.4, -0.2) is 71.5 Å². The Labute approximate surface area is 141 Å². The number of likely N-dealkylation sites (tertiary alicyclic amines) is 1. The van der Waals surface area contributed by atoms with Crippen LogP contribution >= 0.6 is 0 Å². The van der Waals surface area contributed by atoms with E-state index in [0.29, 0.717) is 32.5 Å². The van der Waals surface area contributed by atoms with Gasteiger partial charge in [-0.1, -0.05) is 6.92 Å². The normalized spacial score (nSPS) is 16.4. The molecule has 1 saturated heterocycles. The standard InChI is InChI=1S/C15H21N3O5S/c1-3-18(24(2,22)23)12-5-8-17(9-6-12)14(19)11-4-7-16-13(10-11)15(20)21/h4,7,10,12H,3,5-6,8-9H2,1-2H3,(H,20,21). The summed E-state index contributed by atoms with van der Waals surface area (Å²) < 4.78 is 25.0. The molecular formula is C15H21N3O5S. The maximum atomic E-state index is 12.5. The fourth-order valence-corrected chi connectivity index (χ4v) is 4.20. The van der Waals surface area contributed by atoms with Crippen molar-refractivity contribution in [1.82, 2.24) is 14.2 Å². The van der Waals surface area contributed by atoms with E-state index in [4.69, 9.17) is 5.11 Å². The van der Waals surface area contributed by atoms with Crippen LogP contribution in [0.5, 0.6) is 0 Å². The lowest BCUT2D eigenvalue weighted by Crippen LogP contribution is -2.48. The van der Waals surface area contributed by atoms with Crippen LogP contribution in [0.1, 0.15) is 40.6 Å². The third kappa shape index (κ3) is 4.09. The van der Waals surface area contributed by atoms with Gasteiger partial charge in [0, 0.05) is 37.4 Å². The molecule has 24 heavy (non-hydrogen) atoms. The first-order valence-corrected chi connectivity index (χ1v) is 9.54. The Morgan fingerprint density at radius 3 is 2.50 bits per heavy atom. The highest BCUT2D eigenvalue weighted by atomic mass is 32.2. The highest BCUT2D eigenvalue weighted by Gasteiger charge is 2.31. The SMILES string of the molecule is CCN(C1CCN(C(=O)c2ccnc(C(=O)O)c2)CC1)S(C)(=O)=O. The van der Waals surface area contributed by atoms with Crippen LogP contribution in [0.3, 0.4) is 0 Å². The van der Waals surface area contributed by atoms with Crippen molar-refractivity contribution in [3.05, 3.63) is 29.6 Å². The van der Waals surface area contributed by atoms with Crippen molar-refractivity contribution in [2.45, 2.75) is 25.8 Å². The van der Waals surface area contributed by atoms with Gasteiger partial charge in [0.15, 0.2) is 0 Å². The van der Waals surface area contributed by atoms with Crippen molar-refractivity contribution in [1.29, 1.82) is 0 Å². The predicted molar refractivity (Wildman–Crippen MR) is 87.3 cm³/mol. The summed E-state index contributed by atoms with van der Waals surface area (Å²) in [5, 5.41) is 8.95. The van der Waals surface area contributed by atoms with Gasteiger partial charge in [-0.3, -0.25) is 4.79 Å². The molecule has 2 heterocycles. The number of pyridine rings is 1. The van der Waals surface area contributed by atoms with E-state index in [-0.39, 0.29) is 23.2 Å². The van der Waals surface area contributed by atoms with E-state index in [1.807, 2.05) is 0 Å². The second-order valence-corrected chi connectivity index (χ2v) is 7.66. The Morgan fingerprint density at radius 2 is 2.00 bits per heavy atom. The van der Waals surface area contributed by atoms with Crippen molar-refractivity contribution >= 4 is 21.9 Å². The van der Waals surface area contributed by atoms with Gasteiger partial charge in [-0.25, -0.2) is 18.2 Å². The quantitative estimate of drug-likeness (QED) is 0.831. The number of carbonyl (C=O) groups excluding carboxylic acids is 1. The molecule has 8 nitrogen and oxygen atoms in total. The zero-order valence-corrected chi connectivity index (χ0v) is 14.5. The number of hydrogen-bond acceptors (Lipinski definition) is 5. The number of hydrogen-bond donors (Lipinski definition) is 1. The minimum atomic E-state index is -3.26. The smallest absolute Gasteiger partial charge is 0.354 e. The number of aromatic nitrogens is 1. The Kier molecular flexibility index (Phi) is 5.55. The summed E-state index contributed by atoms with van der Waals surface area (Å²) in [6.07, 6.45) is 3.61. The molecule has 1 aliphatic rings. The molecular weight excluding hydrogens is 334 g/mol. The number of carbonyl (C=O) groups is 2. The van der Waals surface area contributed by atoms with Crippen LogP contribution in [0.4, 0.5) is 0 Å². The van der Waals surface area contributed by atoms with Gasteiger partial charge in [-0.2, -0.15) is 4.31 Å². The van der Waals surface area contributed by atoms with Crippen molar-refractivity contribution in [2.75, 3.05) is 25.9 Å². The lowest BCUT2D eigenvalue weighted by molar-refractivity contribution is 0.0680. The Morgan fingerprint density at radius 1 is 1.38 bits per heavy atom. The average Bonchev–Trinajstić information content (AvgIpc) is 2.54. The zero-order valence-electron chi connectivity index (χ0n) is 13.7. The van der Waals surface area contributed by atoms with Crippen molar-refractivity contribution in [3.8, 4) is 0 Å². The summed E-state index contributed by atoms with van der Waals surface area (Å²) in [6.45, 7) is 3.06. The maximum absolute atomic E-state index is 12.5. The Balaban J connectivity index is 2.05. The maximum Gasteiger partial charge on any atom is 0.354 e. The summed E-state index contributed by atoms with van der Waals surface area (Å²) in [5.41, 5.74) is 0.0984. The lowest BCUT2D eigenvalue weighted by Gasteiger charge is -2.36. The largest absolute Gasteiger partial charge is 0.477 e.